The number of nitrogens with zero attached hydrogens (tertiary/aromatic N) is 2. The summed E-state index contributed by atoms with van der Waals surface area (Å²) in [7, 11) is 1.81. The third-order valence-corrected chi connectivity index (χ3v) is 5.09. The lowest BCUT2D eigenvalue weighted by atomic mass is 10.1. The highest BCUT2D eigenvalue weighted by Gasteiger charge is 2.24. The van der Waals surface area contributed by atoms with E-state index in [-0.39, 0.29) is 11.7 Å². The number of likely N-dealkylation sites (N-methyl/N-ethyl adjacent to an activating group) is 1. The zero-order valence-corrected chi connectivity index (χ0v) is 15.5. The van der Waals surface area contributed by atoms with Gasteiger partial charge in [-0.25, -0.2) is 4.39 Å². The molecular weight excluding hydrogens is 329 g/mol. The lowest BCUT2D eigenvalue weighted by Gasteiger charge is -2.34. The van der Waals surface area contributed by atoms with Crippen LogP contribution in [0.4, 0.5) is 10.1 Å². The van der Waals surface area contributed by atoms with Crippen LogP contribution in [0.15, 0.2) is 48.5 Å². The Labute approximate surface area is 154 Å². The Hall–Kier alpha value is -2.40. The molecule has 0 unspecified atom stereocenters. The fourth-order valence-electron chi connectivity index (χ4n) is 3.46. The fourth-order valence-corrected chi connectivity index (χ4v) is 3.46. The highest BCUT2D eigenvalue weighted by Crippen LogP contribution is 2.18. The van der Waals surface area contributed by atoms with Crippen molar-refractivity contribution in [3.63, 3.8) is 0 Å². The molecule has 2 aromatic rings. The van der Waals surface area contributed by atoms with E-state index in [0.29, 0.717) is 13.1 Å². The summed E-state index contributed by atoms with van der Waals surface area (Å²) in [4.78, 5) is 18.0. The molecule has 0 spiro atoms. The van der Waals surface area contributed by atoms with Crippen LogP contribution >= 0.6 is 0 Å². The quantitative estimate of drug-likeness (QED) is 0.879. The predicted molar refractivity (Wildman–Crippen MR) is 102 cm³/mol. The van der Waals surface area contributed by atoms with Crippen LogP contribution in [0.3, 0.4) is 0 Å². The summed E-state index contributed by atoms with van der Waals surface area (Å²) in [5, 5.41) is 0. The molecule has 1 heterocycles. The van der Waals surface area contributed by atoms with Gasteiger partial charge in [-0.3, -0.25) is 4.79 Å². The first kappa shape index (κ1) is 18.4. The summed E-state index contributed by atoms with van der Waals surface area (Å²) in [5.74, 6) is -0.118. The second kappa shape index (κ2) is 8.32. The van der Waals surface area contributed by atoms with Gasteiger partial charge in [0.2, 0.25) is 0 Å². The van der Waals surface area contributed by atoms with Crippen molar-refractivity contribution in [2.45, 2.75) is 13.5 Å². The molecule has 1 amide bonds. The molecule has 1 aliphatic rings. The average molecular weight is 356 g/mol. The van der Waals surface area contributed by atoms with E-state index in [9.17, 15) is 9.18 Å². The zero-order valence-electron chi connectivity index (χ0n) is 15.5. The first-order valence-corrected chi connectivity index (χ1v) is 9.15. The van der Waals surface area contributed by atoms with Gasteiger partial charge in [-0.1, -0.05) is 30.3 Å². The molecule has 0 aromatic heterocycles. The van der Waals surface area contributed by atoms with Crippen molar-refractivity contribution in [3.05, 3.63) is 65.5 Å². The van der Waals surface area contributed by atoms with E-state index >= 15 is 0 Å². The standard InChI is InChI=1S/C21H26FN3O/c1-17-5-3-4-6-20(17)25-13-11-24(12-14-25)16-21(26)23(2)15-18-7-9-19(22)10-8-18/h3-10H,11-16H2,1-2H3/p+1. The van der Waals surface area contributed by atoms with Crippen LogP contribution in [-0.2, 0) is 11.3 Å². The molecule has 0 saturated carbocycles. The molecule has 1 fully saturated rings. The normalized spacial score (nSPS) is 15.1. The number of benzene rings is 2. The van der Waals surface area contributed by atoms with Crippen molar-refractivity contribution >= 4 is 11.6 Å². The number of piperazine rings is 1. The van der Waals surface area contributed by atoms with E-state index in [2.05, 4.69) is 36.1 Å². The van der Waals surface area contributed by atoms with Crippen molar-refractivity contribution in [1.82, 2.24) is 4.90 Å². The van der Waals surface area contributed by atoms with Gasteiger partial charge < -0.3 is 14.7 Å². The third-order valence-electron chi connectivity index (χ3n) is 5.09. The Balaban J connectivity index is 1.48. The molecule has 0 radical (unpaired) electrons. The maximum atomic E-state index is 13.0. The Kier molecular flexibility index (Phi) is 5.89. The van der Waals surface area contributed by atoms with Crippen LogP contribution in [0.5, 0.6) is 0 Å². The third kappa shape index (κ3) is 4.61. The van der Waals surface area contributed by atoms with Crippen LogP contribution in [0.25, 0.3) is 0 Å². The van der Waals surface area contributed by atoms with Crippen molar-refractivity contribution in [3.8, 4) is 0 Å². The summed E-state index contributed by atoms with van der Waals surface area (Å²) >= 11 is 0. The minimum atomic E-state index is -0.251. The van der Waals surface area contributed by atoms with Crippen LogP contribution in [0.1, 0.15) is 11.1 Å². The van der Waals surface area contributed by atoms with Crippen LogP contribution in [0.2, 0.25) is 0 Å². The fraction of sp³-hybridized carbons (Fsp3) is 0.381. The van der Waals surface area contributed by atoms with Crippen LogP contribution < -0.4 is 9.80 Å². The minimum Gasteiger partial charge on any atom is -0.360 e. The van der Waals surface area contributed by atoms with E-state index in [1.807, 2.05) is 7.05 Å². The monoisotopic (exact) mass is 356 g/mol. The number of hydrogen-bond acceptors (Lipinski definition) is 2. The van der Waals surface area contributed by atoms with Gasteiger partial charge in [-0.2, -0.15) is 0 Å². The molecule has 26 heavy (non-hydrogen) atoms. The summed E-state index contributed by atoms with van der Waals surface area (Å²) < 4.78 is 13.0. The van der Waals surface area contributed by atoms with Crippen LogP contribution in [0, 0.1) is 12.7 Å². The van der Waals surface area contributed by atoms with E-state index in [1.165, 1.54) is 28.3 Å². The predicted octanol–water partition coefficient (Wildman–Crippen LogP) is 1.50. The van der Waals surface area contributed by atoms with Crippen molar-refractivity contribution in [1.29, 1.82) is 0 Å². The molecule has 0 aliphatic carbocycles. The minimum absolute atomic E-state index is 0.133. The SMILES string of the molecule is Cc1ccccc1N1CC[NH+](CC(=O)N(C)Cc2ccc(F)cc2)CC1. The van der Waals surface area contributed by atoms with E-state index in [0.717, 1.165) is 31.7 Å². The lowest BCUT2D eigenvalue weighted by molar-refractivity contribution is -0.892. The second-order valence-electron chi connectivity index (χ2n) is 7.08. The highest BCUT2D eigenvalue weighted by atomic mass is 19.1. The van der Waals surface area contributed by atoms with Crippen molar-refractivity contribution in [2.24, 2.45) is 0 Å². The first-order chi connectivity index (χ1) is 12.5. The average Bonchev–Trinajstić information content (AvgIpc) is 2.65. The molecule has 3 rings (SSSR count). The number of para-hydroxylation sites is 1. The van der Waals surface area contributed by atoms with E-state index in [4.69, 9.17) is 0 Å². The number of quaternary nitrogens is 1. The molecule has 4 nitrogen and oxygen atoms in total. The number of halogens is 1. The van der Waals surface area contributed by atoms with Gasteiger partial charge in [-0.15, -0.1) is 0 Å². The number of hydrogen-bond donors (Lipinski definition) is 1. The smallest absolute Gasteiger partial charge is 0.277 e. The van der Waals surface area contributed by atoms with Gasteiger partial charge >= 0.3 is 0 Å². The number of aryl methyl sites for hydroxylation is 1. The number of amides is 1. The Bertz CT molecular complexity index is 739. The number of nitrogens with one attached hydrogen (secondary N) is 1. The molecule has 138 valence electrons. The first-order valence-electron chi connectivity index (χ1n) is 9.15. The van der Waals surface area contributed by atoms with Gasteiger partial charge in [-0.05, 0) is 36.2 Å². The van der Waals surface area contributed by atoms with Gasteiger partial charge in [0.25, 0.3) is 5.91 Å². The zero-order chi connectivity index (χ0) is 18.5. The topological polar surface area (TPSA) is 28.0 Å². The van der Waals surface area contributed by atoms with Gasteiger partial charge in [0.1, 0.15) is 5.82 Å². The van der Waals surface area contributed by atoms with Crippen molar-refractivity contribution in [2.75, 3.05) is 44.7 Å². The molecule has 5 heteroatoms. The molecule has 1 saturated heterocycles. The Morgan fingerprint density at radius 3 is 2.42 bits per heavy atom. The molecule has 0 atom stereocenters. The number of carbonyl (C=O) groups is 1. The van der Waals surface area contributed by atoms with Gasteiger partial charge in [0, 0.05) is 19.3 Å². The maximum absolute atomic E-state index is 13.0. The summed E-state index contributed by atoms with van der Waals surface area (Å²) in [5.41, 5.74) is 3.54. The molecular formula is C21H27FN3O+. The Morgan fingerprint density at radius 2 is 1.77 bits per heavy atom. The van der Waals surface area contributed by atoms with Gasteiger partial charge in [0.15, 0.2) is 6.54 Å². The summed E-state index contributed by atoms with van der Waals surface area (Å²) in [6, 6.07) is 14.8. The van der Waals surface area contributed by atoms with Crippen molar-refractivity contribution < 1.29 is 14.1 Å². The van der Waals surface area contributed by atoms with E-state index in [1.54, 1.807) is 17.0 Å². The summed E-state index contributed by atoms with van der Waals surface area (Å²) in [6.07, 6.45) is 0. The summed E-state index contributed by atoms with van der Waals surface area (Å²) in [6.45, 7) is 7.03. The van der Waals surface area contributed by atoms with Gasteiger partial charge in [0.05, 0.1) is 26.2 Å². The molecule has 1 N–H and O–H groups in total. The molecule has 1 aliphatic heterocycles. The lowest BCUT2D eigenvalue weighted by Crippen LogP contribution is -3.15. The van der Waals surface area contributed by atoms with Crippen LogP contribution in [-0.4, -0.2) is 50.6 Å². The number of anilines is 1. The number of carbonyl (C=O) groups excluding carboxylic acids is 1. The molecule has 0 bridgehead atoms. The Morgan fingerprint density at radius 1 is 1.12 bits per heavy atom. The largest absolute Gasteiger partial charge is 0.360 e. The highest BCUT2D eigenvalue weighted by molar-refractivity contribution is 5.76. The second-order valence-corrected chi connectivity index (χ2v) is 7.08. The maximum Gasteiger partial charge on any atom is 0.277 e. The number of rotatable bonds is 5. The molecule has 2 aromatic carbocycles. The van der Waals surface area contributed by atoms with E-state index < -0.39 is 0 Å².